The summed E-state index contributed by atoms with van der Waals surface area (Å²) in [6.07, 6.45) is 1.61. The standard InChI is InChI=1S/C41H55FN4O3/c1-27-37-21-33(41(37,3)4)22-38(27)43-40(48)39-36(28(2)47)26-49-46(39)24-30-12-9-11-29(19-30)23-45(18-17-44(5)6)25-32-13-7-8-16-35(32)31-14-10-15-34(42)20-31/h7-16,19-20,27-28,33,36-39,47H,17-18,21-26H2,1-6H3,(H,43,48)/t27-,28-,33+,36-,37-,38-,39-/m0/s1. The highest BCUT2D eigenvalue weighted by Crippen LogP contribution is 2.61. The maximum Gasteiger partial charge on any atom is 0.240 e. The van der Waals surface area contributed by atoms with Crippen molar-refractivity contribution in [2.24, 2.45) is 29.1 Å². The molecule has 49 heavy (non-hydrogen) atoms. The Balaban J connectivity index is 1.16. The first-order valence-electron chi connectivity index (χ1n) is 18.1. The van der Waals surface area contributed by atoms with Gasteiger partial charge in [0.1, 0.15) is 11.9 Å². The fourth-order valence-electron chi connectivity index (χ4n) is 8.70. The molecule has 3 saturated carbocycles. The van der Waals surface area contributed by atoms with Crippen molar-refractivity contribution in [2.75, 3.05) is 33.8 Å². The average Bonchev–Trinajstić information content (AvgIpc) is 3.48. The number of rotatable bonds is 13. The lowest BCUT2D eigenvalue weighted by Crippen LogP contribution is -2.62. The number of halogens is 1. The summed E-state index contributed by atoms with van der Waals surface area (Å²) in [5, 5.41) is 15.9. The van der Waals surface area contributed by atoms with E-state index in [2.05, 4.69) is 86.4 Å². The van der Waals surface area contributed by atoms with E-state index in [1.807, 2.05) is 18.2 Å². The number of likely N-dealkylation sites (N-methyl/N-ethyl adjacent to an activating group) is 1. The molecule has 3 aromatic rings. The van der Waals surface area contributed by atoms with Crippen LogP contribution in [0.1, 0.15) is 57.2 Å². The monoisotopic (exact) mass is 670 g/mol. The zero-order valence-corrected chi connectivity index (χ0v) is 30.1. The molecule has 7 nitrogen and oxygen atoms in total. The van der Waals surface area contributed by atoms with E-state index in [4.69, 9.17) is 4.84 Å². The molecule has 1 saturated heterocycles. The molecule has 4 fully saturated rings. The van der Waals surface area contributed by atoms with E-state index < -0.39 is 12.1 Å². The van der Waals surface area contributed by atoms with E-state index in [9.17, 15) is 14.3 Å². The van der Waals surface area contributed by atoms with Crippen LogP contribution < -0.4 is 5.32 Å². The van der Waals surface area contributed by atoms with E-state index in [-0.39, 0.29) is 23.7 Å². The maximum absolute atomic E-state index is 14.2. The van der Waals surface area contributed by atoms with Gasteiger partial charge in [-0.25, -0.2) is 4.39 Å². The lowest BCUT2D eigenvalue weighted by Gasteiger charge is -2.62. The molecule has 7 atom stereocenters. The molecule has 2 bridgehead atoms. The fourth-order valence-corrected chi connectivity index (χ4v) is 8.70. The molecule has 8 heteroatoms. The Morgan fingerprint density at radius 3 is 2.49 bits per heavy atom. The summed E-state index contributed by atoms with van der Waals surface area (Å²) in [4.78, 5) is 24.7. The van der Waals surface area contributed by atoms with E-state index in [1.165, 1.54) is 18.1 Å². The van der Waals surface area contributed by atoms with Crippen LogP contribution in [0.3, 0.4) is 0 Å². The van der Waals surface area contributed by atoms with Crippen molar-refractivity contribution in [1.29, 1.82) is 0 Å². The second kappa shape index (κ2) is 15.0. The van der Waals surface area contributed by atoms with Crippen molar-refractivity contribution in [3.63, 3.8) is 0 Å². The number of benzene rings is 3. The number of hydroxylamine groups is 2. The molecule has 0 spiro atoms. The van der Waals surface area contributed by atoms with E-state index >= 15 is 0 Å². The van der Waals surface area contributed by atoms with Crippen molar-refractivity contribution < 1.29 is 19.1 Å². The molecule has 0 radical (unpaired) electrons. The second-order valence-corrected chi connectivity index (χ2v) is 15.8. The van der Waals surface area contributed by atoms with E-state index in [1.54, 1.807) is 24.1 Å². The Morgan fingerprint density at radius 1 is 1.02 bits per heavy atom. The highest BCUT2D eigenvalue weighted by Gasteiger charge is 2.57. The molecule has 4 aliphatic rings. The molecular weight excluding hydrogens is 615 g/mol. The third-order valence-corrected chi connectivity index (χ3v) is 11.9. The molecular formula is C41H55FN4O3. The van der Waals surface area contributed by atoms with Gasteiger partial charge in [0.25, 0.3) is 0 Å². The first-order chi connectivity index (χ1) is 23.4. The number of nitrogens with one attached hydrogen (secondary N) is 1. The highest BCUT2D eigenvalue weighted by molar-refractivity contribution is 5.82. The number of hydrogen-bond donors (Lipinski definition) is 2. The van der Waals surface area contributed by atoms with Gasteiger partial charge in [0, 0.05) is 38.1 Å². The molecule has 1 aliphatic heterocycles. The average molecular weight is 671 g/mol. The molecule has 1 heterocycles. The Bertz CT molecular complexity index is 1590. The topological polar surface area (TPSA) is 68.3 Å². The maximum atomic E-state index is 14.2. The molecule has 2 N–H and O–H groups in total. The lowest BCUT2D eigenvalue weighted by molar-refractivity contribution is -0.161. The van der Waals surface area contributed by atoms with Crippen LogP contribution in [0.2, 0.25) is 0 Å². The number of carbonyl (C=O) groups is 1. The summed E-state index contributed by atoms with van der Waals surface area (Å²) in [6.45, 7) is 12.8. The van der Waals surface area contributed by atoms with Crippen molar-refractivity contribution in [3.8, 4) is 11.1 Å². The van der Waals surface area contributed by atoms with Crippen LogP contribution in [0.25, 0.3) is 11.1 Å². The minimum absolute atomic E-state index is 0.0395. The first kappa shape index (κ1) is 35.7. The lowest BCUT2D eigenvalue weighted by atomic mass is 9.45. The van der Waals surface area contributed by atoms with Crippen LogP contribution >= 0.6 is 0 Å². The van der Waals surface area contributed by atoms with Crippen molar-refractivity contribution in [3.05, 3.63) is 95.3 Å². The molecule has 264 valence electrons. The Morgan fingerprint density at radius 2 is 1.78 bits per heavy atom. The molecule has 3 aromatic carbocycles. The zero-order valence-electron chi connectivity index (χ0n) is 30.1. The molecule has 7 rings (SSSR count). The summed E-state index contributed by atoms with van der Waals surface area (Å²) >= 11 is 0. The SMILES string of the molecule is C[C@@H]1[C@@H](NC(=O)[C@@H]2[C@H]([C@H](C)O)CON2Cc2cccc(CN(CCN(C)C)Cc3ccccc3-c3cccc(F)c3)c2)C[C@H]2C[C@@H]1C2(C)C. The summed E-state index contributed by atoms with van der Waals surface area (Å²) in [6, 6.07) is 23.2. The van der Waals surface area contributed by atoms with Gasteiger partial charge in [-0.2, -0.15) is 5.06 Å². The second-order valence-electron chi connectivity index (χ2n) is 15.8. The number of amides is 1. The molecule has 0 aromatic heterocycles. The number of hydrogen-bond acceptors (Lipinski definition) is 6. The predicted octanol–water partition coefficient (Wildman–Crippen LogP) is 6.36. The number of aliphatic hydroxyl groups is 1. The number of fused-ring (bicyclic) bond motifs is 2. The van der Waals surface area contributed by atoms with Gasteiger partial charge in [-0.3, -0.25) is 14.5 Å². The van der Waals surface area contributed by atoms with Gasteiger partial charge in [-0.15, -0.1) is 0 Å². The largest absolute Gasteiger partial charge is 0.393 e. The Labute approximate surface area is 292 Å². The van der Waals surface area contributed by atoms with Crippen LogP contribution in [-0.4, -0.2) is 77.9 Å². The zero-order chi connectivity index (χ0) is 34.9. The smallest absolute Gasteiger partial charge is 0.240 e. The van der Waals surface area contributed by atoms with Crippen molar-refractivity contribution in [2.45, 2.75) is 78.4 Å². The van der Waals surface area contributed by atoms with Crippen LogP contribution in [-0.2, 0) is 29.3 Å². The van der Waals surface area contributed by atoms with E-state index in [0.29, 0.717) is 36.3 Å². The van der Waals surface area contributed by atoms with Gasteiger partial charge in [0.2, 0.25) is 5.91 Å². The van der Waals surface area contributed by atoms with Crippen LogP contribution in [0.15, 0.2) is 72.8 Å². The van der Waals surface area contributed by atoms with Crippen LogP contribution in [0.5, 0.6) is 0 Å². The fraction of sp³-hybridized carbons (Fsp3) is 0.537. The van der Waals surface area contributed by atoms with Crippen molar-refractivity contribution >= 4 is 5.91 Å². The normalized spacial score (nSPS) is 26.9. The summed E-state index contributed by atoms with van der Waals surface area (Å²) in [5.41, 5.74) is 5.65. The predicted molar refractivity (Wildman–Crippen MR) is 192 cm³/mol. The first-order valence-corrected chi connectivity index (χ1v) is 18.1. The Hall–Kier alpha value is -3.14. The molecule has 1 amide bonds. The van der Waals surface area contributed by atoms with E-state index in [0.717, 1.165) is 54.9 Å². The summed E-state index contributed by atoms with van der Waals surface area (Å²) in [7, 11) is 4.17. The molecule has 3 aliphatic carbocycles. The van der Waals surface area contributed by atoms with Crippen molar-refractivity contribution in [1.82, 2.24) is 20.2 Å². The van der Waals surface area contributed by atoms with Gasteiger partial charge < -0.3 is 15.3 Å². The van der Waals surface area contributed by atoms with Gasteiger partial charge >= 0.3 is 0 Å². The number of nitrogens with zero attached hydrogens (tertiary/aromatic N) is 3. The summed E-state index contributed by atoms with van der Waals surface area (Å²) in [5.74, 6) is 1.14. The molecule has 0 unspecified atom stereocenters. The minimum Gasteiger partial charge on any atom is -0.393 e. The summed E-state index contributed by atoms with van der Waals surface area (Å²) < 4.78 is 14.2. The number of carbonyl (C=O) groups excluding carboxylic acids is 1. The minimum atomic E-state index is -0.663. The number of aliphatic hydroxyl groups excluding tert-OH is 1. The highest BCUT2D eigenvalue weighted by atomic mass is 19.1. The van der Waals surface area contributed by atoms with Crippen LogP contribution in [0, 0.1) is 34.9 Å². The third kappa shape index (κ3) is 7.94. The van der Waals surface area contributed by atoms with Gasteiger partial charge in [-0.1, -0.05) is 81.4 Å². The van der Waals surface area contributed by atoms with Crippen LogP contribution in [0.4, 0.5) is 4.39 Å². The third-order valence-electron chi connectivity index (χ3n) is 11.9. The Kier molecular flexibility index (Phi) is 10.9. The van der Waals surface area contributed by atoms with Gasteiger partial charge in [0.05, 0.1) is 19.3 Å². The van der Waals surface area contributed by atoms with Gasteiger partial charge in [-0.05, 0) is 97.0 Å². The van der Waals surface area contributed by atoms with Gasteiger partial charge in [0.15, 0.2) is 0 Å². The quantitative estimate of drug-likeness (QED) is 0.221.